The molecule has 0 radical (unpaired) electrons. The lowest BCUT2D eigenvalue weighted by molar-refractivity contribution is -0.385. The quantitative estimate of drug-likeness (QED) is 0.484. The highest BCUT2D eigenvalue weighted by Gasteiger charge is 2.20. The molecule has 2 aromatic rings. The van der Waals surface area contributed by atoms with Crippen molar-refractivity contribution >= 4 is 11.7 Å². The Bertz CT molecular complexity index is 661. The molecule has 0 aliphatic carbocycles. The third kappa shape index (κ3) is 2.33. The number of benzene rings is 1. The fourth-order valence-electron chi connectivity index (χ4n) is 1.79. The van der Waals surface area contributed by atoms with Crippen LogP contribution in [0.3, 0.4) is 0 Å². The number of nitro benzene ring substituents is 1. The minimum absolute atomic E-state index is 0.141. The van der Waals surface area contributed by atoms with Crippen LogP contribution in [0.25, 0.3) is 11.1 Å². The van der Waals surface area contributed by atoms with Crippen LogP contribution in [-0.2, 0) is 4.74 Å². The molecule has 104 valence electrons. The van der Waals surface area contributed by atoms with E-state index >= 15 is 0 Å². The maximum absolute atomic E-state index is 11.6. The van der Waals surface area contributed by atoms with Crippen LogP contribution in [0.4, 0.5) is 5.69 Å². The average molecular weight is 277 g/mol. The Morgan fingerprint density at radius 2 is 2.05 bits per heavy atom. The molecule has 0 aliphatic heterocycles. The Morgan fingerprint density at radius 3 is 2.65 bits per heavy atom. The van der Waals surface area contributed by atoms with Gasteiger partial charge in [0, 0.05) is 11.6 Å². The van der Waals surface area contributed by atoms with E-state index in [0.29, 0.717) is 11.1 Å². The summed E-state index contributed by atoms with van der Waals surface area (Å²) in [7, 11) is 2.59. The Balaban J connectivity index is 2.54. The fraction of sp³-hybridized carbons (Fsp3) is 0.154. The first-order chi connectivity index (χ1) is 9.58. The molecule has 20 heavy (non-hydrogen) atoms. The molecule has 0 saturated heterocycles. The monoisotopic (exact) mass is 277 g/mol. The zero-order valence-corrected chi connectivity index (χ0v) is 10.8. The van der Waals surface area contributed by atoms with E-state index < -0.39 is 10.9 Å². The van der Waals surface area contributed by atoms with Crippen molar-refractivity contribution in [2.24, 2.45) is 0 Å². The number of methoxy groups -OCH3 is 2. The van der Waals surface area contributed by atoms with Crippen molar-refractivity contribution in [2.75, 3.05) is 14.2 Å². The molecule has 0 bridgehead atoms. The summed E-state index contributed by atoms with van der Waals surface area (Å²) in [6.45, 7) is 0. The lowest BCUT2D eigenvalue weighted by atomic mass is 10.0. The number of carbonyl (C=O) groups excluding carboxylic acids is 1. The van der Waals surface area contributed by atoms with Crippen molar-refractivity contribution < 1.29 is 23.6 Å². The van der Waals surface area contributed by atoms with Gasteiger partial charge in [0.15, 0.2) is 5.75 Å². The molecular weight excluding hydrogens is 266 g/mol. The summed E-state index contributed by atoms with van der Waals surface area (Å²) in [5.41, 5.74) is 0.892. The van der Waals surface area contributed by atoms with Gasteiger partial charge < -0.3 is 13.9 Å². The van der Waals surface area contributed by atoms with Crippen LogP contribution in [0.1, 0.15) is 10.4 Å². The molecule has 1 aromatic carbocycles. The SMILES string of the molecule is COC(=O)c1cocc1-c1ccc(OC)c([N+](=O)[O-])c1. The van der Waals surface area contributed by atoms with Gasteiger partial charge in [-0.1, -0.05) is 6.07 Å². The van der Waals surface area contributed by atoms with Crippen molar-refractivity contribution in [3.8, 4) is 16.9 Å². The number of hydrogen-bond donors (Lipinski definition) is 0. The Morgan fingerprint density at radius 1 is 1.30 bits per heavy atom. The molecular formula is C13H11NO6. The number of rotatable bonds is 4. The first-order valence-electron chi connectivity index (χ1n) is 5.55. The van der Waals surface area contributed by atoms with Gasteiger partial charge in [-0.05, 0) is 11.6 Å². The van der Waals surface area contributed by atoms with Crippen molar-refractivity contribution in [1.29, 1.82) is 0 Å². The number of nitro groups is 1. The standard InChI is InChI=1S/C13H11NO6/c1-18-12-4-3-8(5-11(12)14(16)17)9-6-20-7-10(9)13(15)19-2/h3-7H,1-2H3. The average Bonchev–Trinajstić information content (AvgIpc) is 2.95. The Hall–Kier alpha value is -2.83. The van der Waals surface area contributed by atoms with Gasteiger partial charge in [0.05, 0.1) is 25.4 Å². The van der Waals surface area contributed by atoms with E-state index in [4.69, 9.17) is 9.15 Å². The van der Waals surface area contributed by atoms with Gasteiger partial charge in [0.1, 0.15) is 11.8 Å². The predicted molar refractivity (Wildman–Crippen MR) is 68.7 cm³/mol. The summed E-state index contributed by atoms with van der Waals surface area (Å²) in [6, 6.07) is 4.38. The van der Waals surface area contributed by atoms with Gasteiger partial charge >= 0.3 is 11.7 Å². The van der Waals surface area contributed by atoms with Crippen LogP contribution in [0.2, 0.25) is 0 Å². The van der Waals surface area contributed by atoms with Crippen LogP contribution in [0.15, 0.2) is 35.1 Å². The molecule has 0 spiro atoms. The number of ether oxygens (including phenoxy) is 2. The van der Waals surface area contributed by atoms with Gasteiger partial charge in [-0.15, -0.1) is 0 Å². The molecule has 0 aliphatic rings. The van der Waals surface area contributed by atoms with Gasteiger partial charge in [-0.3, -0.25) is 10.1 Å². The van der Waals surface area contributed by atoms with Crippen molar-refractivity contribution in [3.63, 3.8) is 0 Å². The summed E-state index contributed by atoms with van der Waals surface area (Å²) in [5, 5.41) is 11.0. The van der Waals surface area contributed by atoms with E-state index in [-0.39, 0.29) is 17.0 Å². The zero-order valence-electron chi connectivity index (χ0n) is 10.8. The maximum atomic E-state index is 11.6. The predicted octanol–water partition coefficient (Wildman–Crippen LogP) is 2.65. The summed E-state index contributed by atoms with van der Waals surface area (Å²) in [4.78, 5) is 22.0. The van der Waals surface area contributed by atoms with Crippen LogP contribution in [0.5, 0.6) is 5.75 Å². The second-order valence-electron chi connectivity index (χ2n) is 3.83. The van der Waals surface area contributed by atoms with Crippen molar-refractivity contribution in [2.45, 2.75) is 0 Å². The maximum Gasteiger partial charge on any atom is 0.341 e. The summed E-state index contributed by atoms with van der Waals surface area (Å²) in [5.74, 6) is -0.436. The third-order valence-corrected chi connectivity index (χ3v) is 2.75. The number of nitrogens with zero attached hydrogens (tertiary/aromatic N) is 1. The van der Waals surface area contributed by atoms with E-state index in [1.54, 1.807) is 6.07 Å². The lowest BCUT2D eigenvalue weighted by Crippen LogP contribution is -2.01. The summed E-state index contributed by atoms with van der Waals surface area (Å²) < 4.78 is 14.5. The first-order valence-corrected chi connectivity index (χ1v) is 5.55. The molecule has 0 N–H and O–H groups in total. The Labute approximate surface area is 113 Å². The number of furan rings is 1. The van der Waals surface area contributed by atoms with Crippen molar-refractivity contribution in [1.82, 2.24) is 0 Å². The van der Waals surface area contributed by atoms with E-state index in [2.05, 4.69) is 4.74 Å². The Kier molecular flexibility index (Phi) is 3.69. The molecule has 0 saturated carbocycles. The highest BCUT2D eigenvalue weighted by Crippen LogP contribution is 2.34. The zero-order chi connectivity index (χ0) is 14.7. The molecule has 0 amide bonds. The summed E-state index contributed by atoms with van der Waals surface area (Å²) >= 11 is 0. The van der Waals surface area contributed by atoms with Gasteiger partial charge in [-0.25, -0.2) is 4.79 Å². The number of carbonyl (C=O) groups is 1. The molecule has 0 atom stereocenters. The molecule has 1 heterocycles. The van der Waals surface area contributed by atoms with Crippen LogP contribution < -0.4 is 4.74 Å². The van der Waals surface area contributed by atoms with Crippen LogP contribution in [-0.4, -0.2) is 25.1 Å². The van der Waals surface area contributed by atoms with Gasteiger partial charge in [-0.2, -0.15) is 0 Å². The van der Waals surface area contributed by atoms with E-state index in [1.165, 1.54) is 38.9 Å². The van der Waals surface area contributed by atoms with E-state index in [9.17, 15) is 14.9 Å². The third-order valence-electron chi connectivity index (χ3n) is 2.75. The molecule has 7 heteroatoms. The minimum atomic E-state index is -0.577. The number of hydrogen-bond acceptors (Lipinski definition) is 6. The fourth-order valence-corrected chi connectivity index (χ4v) is 1.79. The molecule has 2 rings (SSSR count). The van der Waals surface area contributed by atoms with E-state index in [0.717, 1.165) is 0 Å². The molecule has 1 aromatic heterocycles. The number of esters is 1. The van der Waals surface area contributed by atoms with Crippen molar-refractivity contribution in [3.05, 3.63) is 46.4 Å². The normalized spacial score (nSPS) is 10.1. The largest absolute Gasteiger partial charge is 0.490 e. The lowest BCUT2D eigenvalue weighted by Gasteiger charge is -2.05. The second kappa shape index (κ2) is 5.43. The first kappa shape index (κ1) is 13.6. The van der Waals surface area contributed by atoms with Crippen LogP contribution in [0, 0.1) is 10.1 Å². The van der Waals surface area contributed by atoms with Gasteiger partial charge in [0.2, 0.25) is 0 Å². The van der Waals surface area contributed by atoms with Gasteiger partial charge in [0.25, 0.3) is 0 Å². The smallest absolute Gasteiger partial charge is 0.341 e. The molecule has 0 fully saturated rings. The summed E-state index contributed by atoms with van der Waals surface area (Å²) in [6.07, 6.45) is 2.56. The minimum Gasteiger partial charge on any atom is -0.490 e. The van der Waals surface area contributed by atoms with Crippen LogP contribution >= 0.6 is 0 Å². The van der Waals surface area contributed by atoms with E-state index in [1.807, 2.05) is 0 Å². The topological polar surface area (TPSA) is 91.8 Å². The highest BCUT2D eigenvalue weighted by atomic mass is 16.6. The molecule has 7 nitrogen and oxygen atoms in total. The molecule has 0 unspecified atom stereocenters. The highest BCUT2D eigenvalue weighted by molar-refractivity contribution is 5.97. The second-order valence-corrected chi connectivity index (χ2v) is 3.83.